The molecule has 0 saturated carbocycles. The van der Waals surface area contributed by atoms with Crippen molar-refractivity contribution in [1.29, 1.82) is 0 Å². The van der Waals surface area contributed by atoms with Gasteiger partial charge in [0.15, 0.2) is 0 Å². The van der Waals surface area contributed by atoms with Gasteiger partial charge in [-0.15, -0.1) is 0 Å². The SMILES string of the molecule is CC(C)C(O)C(C)(C)CNC(=O)CN(C)Cc1ccccc1. The fourth-order valence-electron chi connectivity index (χ4n) is 2.59. The summed E-state index contributed by atoms with van der Waals surface area (Å²) in [6.07, 6.45) is -0.435. The molecule has 0 radical (unpaired) electrons. The van der Waals surface area contributed by atoms with E-state index in [2.05, 4.69) is 17.4 Å². The number of amides is 1. The molecule has 1 aromatic carbocycles. The maximum atomic E-state index is 12.0. The highest BCUT2D eigenvalue weighted by atomic mass is 16.3. The molecule has 0 bridgehead atoms. The summed E-state index contributed by atoms with van der Waals surface area (Å²) in [6, 6.07) is 10.1. The van der Waals surface area contributed by atoms with Gasteiger partial charge in [-0.25, -0.2) is 0 Å². The lowest BCUT2D eigenvalue weighted by molar-refractivity contribution is -0.123. The van der Waals surface area contributed by atoms with E-state index in [1.165, 1.54) is 5.56 Å². The zero-order valence-electron chi connectivity index (χ0n) is 14.5. The van der Waals surface area contributed by atoms with E-state index < -0.39 is 6.10 Å². The van der Waals surface area contributed by atoms with E-state index in [0.717, 1.165) is 6.54 Å². The molecule has 1 amide bonds. The molecule has 124 valence electrons. The predicted molar refractivity (Wildman–Crippen MR) is 90.4 cm³/mol. The van der Waals surface area contributed by atoms with Gasteiger partial charge in [-0.05, 0) is 18.5 Å². The number of rotatable bonds is 8. The number of carbonyl (C=O) groups is 1. The van der Waals surface area contributed by atoms with Gasteiger partial charge < -0.3 is 10.4 Å². The van der Waals surface area contributed by atoms with Crippen LogP contribution in [-0.2, 0) is 11.3 Å². The number of aliphatic hydroxyl groups excluding tert-OH is 1. The molecule has 1 atom stereocenters. The summed E-state index contributed by atoms with van der Waals surface area (Å²) < 4.78 is 0. The van der Waals surface area contributed by atoms with Gasteiger partial charge in [0.2, 0.25) is 5.91 Å². The lowest BCUT2D eigenvalue weighted by atomic mass is 9.81. The van der Waals surface area contributed by atoms with Crippen molar-refractivity contribution < 1.29 is 9.90 Å². The first-order valence-electron chi connectivity index (χ1n) is 7.89. The molecule has 2 N–H and O–H groups in total. The smallest absolute Gasteiger partial charge is 0.234 e. The summed E-state index contributed by atoms with van der Waals surface area (Å²) in [4.78, 5) is 14.0. The highest BCUT2D eigenvalue weighted by molar-refractivity contribution is 5.78. The Bertz CT molecular complexity index is 457. The monoisotopic (exact) mass is 306 g/mol. The Balaban J connectivity index is 2.40. The normalized spacial score (nSPS) is 13.5. The first kappa shape index (κ1) is 18.7. The van der Waals surface area contributed by atoms with Crippen LogP contribution in [0.3, 0.4) is 0 Å². The van der Waals surface area contributed by atoms with Crippen molar-refractivity contribution in [3.05, 3.63) is 35.9 Å². The summed E-state index contributed by atoms with van der Waals surface area (Å²) in [5.74, 6) is 0.162. The molecule has 0 heterocycles. The van der Waals surface area contributed by atoms with E-state index in [1.807, 2.05) is 57.8 Å². The van der Waals surface area contributed by atoms with Crippen LogP contribution in [0.5, 0.6) is 0 Å². The van der Waals surface area contributed by atoms with Crippen molar-refractivity contribution in [2.75, 3.05) is 20.1 Å². The minimum absolute atomic E-state index is 0.0116. The molecule has 1 rings (SSSR count). The van der Waals surface area contributed by atoms with Crippen molar-refractivity contribution in [3.8, 4) is 0 Å². The highest BCUT2D eigenvalue weighted by Crippen LogP contribution is 2.24. The minimum Gasteiger partial charge on any atom is -0.392 e. The minimum atomic E-state index is -0.435. The van der Waals surface area contributed by atoms with Gasteiger partial charge in [0.1, 0.15) is 0 Å². The first-order valence-corrected chi connectivity index (χ1v) is 7.89. The maximum Gasteiger partial charge on any atom is 0.234 e. The fourth-order valence-corrected chi connectivity index (χ4v) is 2.59. The van der Waals surface area contributed by atoms with Gasteiger partial charge in [0, 0.05) is 18.5 Å². The molecule has 1 unspecified atom stereocenters. The molecule has 4 heteroatoms. The Morgan fingerprint density at radius 1 is 1.27 bits per heavy atom. The number of carbonyl (C=O) groups excluding carboxylic acids is 1. The molecule has 0 aliphatic carbocycles. The Morgan fingerprint density at radius 3 is 2.41 bits per heavy atom. The van der Waals surface area contributed by atoms with Gasteiger partial charge in [0.05, 0.1) is 12.6 Å². The number of hydrogen-bond acceptors (Lipinski definition) is 3. The number of nitrogens with one attached hydrogen (secondary N) is 1. The van der Waals surface area contributed by atoms with Crippen LogP contribution in [0.25, 0.3) is 0 Å². The van der Waals surface area contributed by atoms with E-state index in [-0.39, 0.29) is 17.2 Å². The van der Waals surface area contributed by atoms with Gasteiger partial charge in [-0.2, -0.15) is 0 Å². The molecular formula is C18H30N2O2. The Kier molecular flexibility index (Phi) is 7.04. The molecule has 22 heavy (non-hydrogen) atoms. The number of hydrogen-bond donors (Lipinski definition) is 2. The summed E-state index contributed by atoms with van der Waals surface area (Å²) >= 11 is 0. The van der Waals surface area contributed by atoms with Crippen LogP contribution >= 0.6 is 0 Å². The number of benzene rings is 1. The van der Waals surface area contributed by atoms with Crippen LogP contribution in [-0.4, -0.2) is 42.2 Å². The molecule has 0 saturated heterocycles. The lowest BCUT2D eigenvalue weighted by Crippen LogP contribution is -2.45. The molecule has 1 aromatic rings. The van der Waals surface area contributed by atoms with Crippen LogP contribution in [0.2, 0.25) is 0 Å². The highest BCUT2D eigenvalue weighted by Gasteiger charge is 2.30. The largest absolute Gasteiger partial charge is 0.392 e. The van der Waals surface area contributed by atoms with Crippen LogP contribution in [0.4, 0.5) is 0 Å². The van der Waals surface area contributed by atoms with E-state index in [0.29, 0.717) is 13.1 Å². The third-order valence-corrected chi connectivity index (χ3v) is 3.88. The average Bonchev–Trinajstić information content (AvgIpc) is 2.45. The second-order valence-electron chi connectivity index (χ2n) is 7.11. The zero-order chi connectivity index (χ0) is 16.8. The van der Waals surface area contributed by atoms with Gasteiger partial charge in [-0.1, -0.05) is 58.0 Å². The molecule has 0 aliphatic heterocycles. The van der Waals surface area contributed by atoms with Crippen molar-refractivity contribution >= 4 is 5.91 Å². The molecule has 0 aromatic heterocycles. The van der Waals surface area contributed by atoms with E-state index in [9.17, 15) is 9.90 Å². The third-order valence-electron chi connectivity index (χ3n) is 3.88. The lowest BCUT2D eigenvalue weighted by Gasteiger charge is -2.33. The Hall–Kier alpha value is -1.39. The summed E-state index contributed by atoms with van der Waals surface area (Å²) in [7, 11) is 1.93. The van der Waals surface area contributed by atoms with E-state index in [1.54, 1.807) is 0 Å². The second-order valence-corrected chi connectivity index (χ2v) is 7.11. The maximum absolute atomic E-state index is 12.0. The average molecular weight is 306 g/mol. The Morgan fingerprint density at radius 2 is 1.86 bits per heavy atom. The van der Waals surface area contributed by atoms with Crippen LogP contribution in [0.15, 0.2) is 30.3 Å². The second kappa shape index (κ2) is 8.30. The standard InChI is InChI=1S/C18H30N2O2/c1-14(2)17(22)18(3,4)13-19-16(21)12-20(5)11-15-9-7-6-8-10-15/h6-10,14,17,22H,11-13H2,1-5H3,(H,19,21). The zero-order valence-corrected chi connectivity index (χ0v) is 14.5. The number of likely N-dealkylation sites (N-methyl/N-ethyl adjacent to an activating group) is 1. The van der Waals surface area contributed by atoms with E-state index in [4.69, 9.17) is 0 Å². The summed E-state index contributed by atoms with van der Waals surface area (Å²) in [5, 5.41) is 13.1. The van der Waals surface area contributed by atoms with E-state index >= 15 is 0 Å². The third kappa shape index (κ3) is 6.16. The van der Waals surface area contributed by atoms with Crippen LogP contribution in [0.1, 0.15) is 33.3 Å². The number of nitrogens with zero attached hydrogens (tertiary/aromatic N) is 1. The molecular weight excluding hydrogens is 276 g/mol. The van der Waals surface area contributed by atoms with Gasteiger partial charge in [-0.3, -0.25) is 9.69 Å². The van der Waals surface area contributed by atoms with Gasteiger partial charge >= 0.3 is 0 Å². The topological polar surface area (TPSA) is 52.6 Å². The number of aliphatic hydroxyl groups is 1. The van der Waals surface area contributed by atoms with Crippen molar-refractivity contribution in [1.82, 2.24) is 10.2 Å². The van der Waals surface area contributed by atoms with Crippen LogP contribution in [0, 0.1) is 11.3 Å². The fraction of sp³-hybridized carbons (Fsp3) is 0.611. The molecule has 0 aliphatic rings. The van der Waals surface area contributed by atoms with Crippen molar-refractivity contribution in [3.63, 3.8) is 0 Å². The molecule has 0 fully saturated rings. The summed E-state index contributed by atoms with van der Waals surface area (Å²) in [6.45, 7) is 9.50. The molecule has 0 spiro atoms. The summed E-state index contributed by atoms with van der Waals surface area (Å²) in [5.41, 5.74) is 0.857. The molecule has 4 nitrogen and oxygen atoms in total. The predicted octanol–water partition coefficient (Wildman–Crippen LogP) is 2.28. The quantitative estimate of drug-likeness (QED) is 0.775. The Labute approximate surface area is 134 Å². The van der Waals surface area contributed by atoms with Crippen molar-refractivity contribution in [2.24, 2.45) is 11.3 Å². The van der Waals surface area contributed by atoms with Gasteiger partial charge in [0.25, 0.3) is 0 Å². The van der Waals surface area contributed by atoms with Crippen LogP contribution < -0.4 is 5.32 Å². The first-order chi connectivity index (χ1) is 10.2. The van der Waals surface area contributed by atoms with Crippen molar-refractivity contribution in [2.45, 2.75) is 40.3 Å².